The van der Waals surface area contributed by atoms with E-state index in [4.69, 9.17) is 10.2 Å². The standard InChI is InChI=1S/C13H18N4OS.HI/c1-13(2,3)17-12(14)15-7-9-8-19-11(16-9)10-5-4-6-18-10;/h4-6,8H,7H2,1-3H3,(H3,14,15,17);1H. The number of guanidine groups is 1. The number of nitrogens with one attached hydrogen (secondary N) is 1. The van der Waals surface area contributed by atoms with Crippen LogP contribution in [0.1, 0.15) is 26.5 Å². The minimum Gasteiger partial charge on any atom is -0.462 e. The van der Waals surface area contributed by atoms with E-state index in [1.54, 1.807) is 6.26 Å². The van der Waals surface area contributed by atoms with E-state index >= 15 is 0 Å². The van der Waals surface area contributed by atoms with Crippen molar-refractivity contribution in [2.24, 2.45) is 10.7 Å². The number of furan rings is 1. The van der Waals surface area contributed by atoms with Gasteiger partial charge in [0.25, 0.3) is 0 Å². The van der Waals surface area contributed by atoms with Crippen molar-refractivity contribution >= 4 is 41.3 Å². The van der Waals surface area contributed by atoms with Crippen LogP contribution in [-0.4, -0.2) is 16.5 Å². The van der Waals surface area contributed by atoms with Gasteiger partial charge in [0.1, 0.15) is 0 Å². The van der Waals surface area contributed by atoms with Crippen LogP contribution in [0.3, 0.4) is 0 Å². The summed E-state index contributed by atoms with van der Waals surface area (Å²) in [5, 5.41) is 5.93. The highest BCUT2D eigenvalue weighted by atomic mass is 127. The fourth-order valence-corrected chi connectivity index (χ4v) is 2.26. The summed E-state index contributed by atoms with van der Waals surface area (Å²) >= 11 is 1.54. The minimum atomic E-state index is -0.0883. The summed E-state index contributed by atoms with van der Waals surface area (Å²) in [6.45, 7) is 6.57. The average Bonchev–Trinajstić information content (AvgIpc) is 2.95. The Morgan fingerprint density at radius 3 is 2.85 bits per heavy atom. The number of thiazole rings is 1. The highest BCUT2D eigenvalue weighted by Gasteiger charge is 2.10. The second-order valence-electron chi connectivity index (χ2n) is 5.20. The van der Waals surface area contributed by atoms with Crippen molar-refractivity contribution in [3.8, 4) is 10.8 Å². The summed E-state index contributed by atoms with van der Waals surface area (Å²) in [7, 11) is 0. The fourth-order valence-electron chi connectivity index (χ4n) is 1.48. The van der Waals surface area contributed by atoms with Crippen LogP contribution in [-0.2, 0) is 6.54 Å². The Morgan fingerprint density at radius 1 is 1.50 bits per heavy atom. The minimum absolute atomic E-state index is 0. The quantitative estimate of drug-likeness (QED) is 0.466. The molecule has 3 N–H and O–H groups in total. The summed E-state index contributed by atoms with van der Waals surface area (Å²) < 4.78 is 5.30. The maximum atomic E-state index is 5.81. The zero-order chi connectivity index (χ0) is 13.9. The molecule has 7 heteroatoms. The molecule has 2 aromatic rings. The van der Waals surface area contributed by atoms with E-state index < -0.39 is 0 Å². The van der Waals surface area contributed by atoms with Gasteiger partial charge >= 0.3 is 0 Å². The van der Waals surface area contributed by atoms with Gasteiger partial charge in [-0.1, -0.05) is 0 Å². The molecule has 0 radical (unpaired) electrons. The molecule has 0 fully saturated rings. The van der Waals surface area contributed by atoms with Gasteiger partial charge in [-0.3, -0.25) is 0 Å². The molecule has 20 heavy (non-hydrogen) atoms. The molecule has 0 spiro atoms. The second kappa shape index (κ2) is 7.07. The Balaban J connectivity index is 0.00000200. The summed E-state index contributed by atoms with van der Waals surface area (Å²) in [6, 6.07) is 3.74. The molecule has 2 rings (SSSR count). The Bertz CT molecular complexity index is 557. The van der Waals surface area contributed by atoms with Crippen molar-refractivity contribution < 1.29 is 4.42 Å². The first-order valence-corrected chi connectivity index (χ1v) is 6.88. The number of nitrogens with two attached hydrogens (primary N) is 1. The molecule has 0 amide bonds. The van der Waals surface area contributed by atoms with Crippen LogP contribution in [0.2, 0.25) is 0 Å². The van der Waals surface area contributed by atoms with Crippen LogP contribution >= 0.6 is 35.3 Å². The van der Waals surface area contributed by atoms with Crippen LogP contribution in [0.15, 0.2) is 33.2 Å². The first kappa shape index (κ1) is 17.0. The lowest BCUT2D eigenvalue weighted by Gasteiger charge is -2.20. The number of hydrogen-bond donors (Lipinski definition) is 2. The Morgan fingerprint density at radius 2 is 2.25 bits per heavy atom. The average molecular weight is 406 g/mol. The van der Waals surface area contributed by atoms with Gasteiger partial charge < -0.3 is 15.5 Å². The van der Waals surface area contributed by atoms with Crippen LogP contribution < -0.4 is 11.1 Å². The Hall–Kier alpha value is -1.09. The molecule has 0 unspecified atom stereocenters. The maximum absolute atomic E-state index is 5.81. The van der Waals surface area contributed by atoms with Gasteiger partial charge in [0.15, 0.2) is 16.7 Å². The van der Waals surface area contributed by atoms with E-state index in [1.165, 1.54) is 11.3 Å². The number of hydrogen-bond acceptors (Lipinski definition) is 4. The smallest absolute Gasteiger partial charge is 0.189 e. The molecule has 0 atom stereocenters. The van der Waals surface area contributed by atoms with Crippen LogP contribution in [0.4, 0.5) is 0 Å². The topological polar surface area (TPSA) is 76.4 Å². The molecule has 5 nitrogen and oxygen atoms in total. The number of nitrogens with zero attached hydrogens (tertiary/aromatic N) is 2. The maximum Gasteiger partial charge on any atom is 0.189 e. The SMILES string of the molecule is CC(C)(C)NC(N)=NCc1csc(-c2ccco2)n1.I. The van der Waals surface area contributed by atoms with Crippen LogP contribution in [0.5, 0.6) is 0 Å². The number of aliphatic imine (C=N–C) groups is 1. The van der Waals surface area contributed by atoms with Crippen LogP contribution in [0.25, 0.3) is 10.8 Å². The summed E-state index contributed by atoms with van der Waals surface area (Å²) in [5.41, 5.74) is 6.60. The largest absolute Gasteiger partial charge is 0.462 e. The molecule has 0 bridgehead atoms. The van der Waals surface area contributed by atoms with Gasteiger partial charge in [-0.05, 0) is 32.9 Å². The molecular formula is C13H19IN4OS. The predicted octanol–water partition coefficient (Wildman–Crippen LogP) is 3.22. The van der Waals surface area contributed by atoms with E-state index in [1.807, 2.05) is 38.3 Å². The lowest BCUT2D eigenvalue weighted by Crippen LogP contribution is -2.44. The molecule has 0 aliphatic heterocycles. The zero-order valence-electron chi connectivity index (χ0n) is 11.7. The first-order valence-electron chi connectivity index (χ1n) is 6.00. The van der Waals surface area contributed by atoms with Crippen molar-refractivity contribution in [1.82, 2.24) is 10.3 Å². The molecule has 0 aliphatic carbocycles. The molecular weight excluding hydrogens is 387 g/mol. The van der Waals surface area contributed by atoms with Crippen molar-refractivity contribution in [3.63, 3.8) is 0 Å². The zero-order valence-corrected chi connectivity index (χ0v) is 14.9. The first-order chi connectivity index (χ1) is 8.94. The summed E-state index contributed by atoms with van der Waals surface area (Å²) in [5.74, 6) is 1.21. The second-order valence-corrected chi connectivity index (χ2v) is 6.06. The number of rotatable bonds is 3. The normalized spacial score (nSPS) is 12.1. The van der Waals surface area contributed by atoms with Crippen LogP contribution in [0, 0.1) is 0 Å². The van der Waals surface area contributed by atoms with Gasteiger partial charge in [-0.25, -0.2) is 9.98 Å². The van der Waals surface area contributed by atoms with Gasteiger partial charge in [-0.2, -0.15) is 0 Å². The van der Waals surface area contributed by atoms with Crippen molar-refractivity contribution in [3.05, 3.63) is 29.5 Å². The predicted molar refractivity (Wildman–Crippen MR) is 93.4 cm³/mol. The highest BCUT2D eigenvalue weighted by Crippen LogP contribution is 2.24. The molecule has 0 aliphatic rings. The van der Waals surface area contributed by atoms with Gasteiger partial charge in [-0.15, -0.1) is 35.3 Å². The molecule has 110 valence electrons. The summed E-state index contributed by atoms with van der Waals surface area (Å²) in [4.78, 5) is 8.73. The fraction of sp³-hybridized carbons (Fsp3) is 0.385. The van der Waals surface area contributed by atoms with Crippen molar-refractivity contribution in [2.75, 3.05) is 0 Å². The van der Waals surface area contributed by atoms with E-state index in [2.05, 4.69) is 15.3 Å². The molecule has 0 saturated heterocycles. The van der Waals surface area contributed by atoms with E-state index in [9.17, 15) is 0 Å². The van der Waals surface area contributed by atoms with E-state index in [-0.39, 0.29) is 29.5 Å². The lowest BCUT2D eigenvalue weighted by molar-refractivity contribution is 0.508. The Kier molecular flexibility index (Phi) is 6.00. The lowest BCUT2D eigenvalue weighted by atomic mass is 10.1. The number of aromatic nitrogens is 1. The summed E-state index contributed by atoms with van der Waals surface area (Å²) in [6.07, 6.45) is 1.64. The molecule has 0 aromatic carbocycles. The molecule has 2 heterocycles. The van der Waals surface area contributed by atoms with Crippen molar-refractivity contribution in [1.29, 1.82) is 0 Å². The Labute approximate surface area is 139 Å². The van der Waals surface area contributed by atoms with E-state index in [0.29, 0.717) is 12.5 Å². The highest BCUT2D eigenvalue weighted by molar-refractivity contribution is 14.0. The third kappa shape index (κ3) is 5.12. The van der Waals surface area contributed by atoms with E-state index in [0.717, 1.165) is 16.5 Å². The molecule has 0 saturated carbocycles. The van der Waals surface area contributed by atoms with Crippen molar-refractivity contribution in [2.45, 2.75) is 32.9 Å². The van der Waals surface area contributed by atoms with Gasteiger partial charge in [0.2, 0.25) is 0 Å². The number of halogens is 1. The molecule has 2 aromatic heterocycles. The third-order valence-corrected chi connectivity index (χ3v) is 3.10. The third-order valence-electron chi connectivity index (χ3n) is 2.20. The van der Waals surface area contributed by atoms with Gasteiger partial charge in [0, 0.05) is 10.9 Å². The monoisotopic (exact) mass is 406 g/mol. The van der Waals surface area contributed by atoms with Gasteiger partial charge in [0.05, 0.1) is 18.5 Å².